The molecule has 2 heterocycles. The molecule has 0 bridgehead atoms. The molecule has 3 rings (SSSR count). The summed E-state index contributed by atoms with van der Waals surface area (Å²) < 4.78 is 15.4. The molecule has 0 saturated heterocycles. The van der Waals surface area contributed by atoms with Crippen LogP contribution in [-0.2, 0) is 0 Å². The van der Waals surface area contributed by atoms with E-state index in [0.717, 1.165) is 0 Å². The number of hydrogen-bond acceptors (Lipinski definition) is 4. The van der Waals surface area contributed by atoms with Gasteiger partial charge in [0.2, 0.25) is 0 Å². The lowest BCUT2D eigenvalue weighted by Gasteiger charge is -2.11. The van der Waals surface area contributed by atoms with Gasteiger partial charge in [-0.25, -0.2) is 14.4 Å². The summed E-state index contributed by atoms with van der Waals surface area (Å²) in [6.07, 6.45) is 1.65. The van der Waals surface area contributed by atoms with Crippen LogP contribution < -0.4 is 11.5 Å². The molecule has 102 valence electrons. The molecule has 0 radical (unpaired) electrons. The molecule has 1 aromatic carbocycles. The van der Waals surface area contributed by atoms with Crippen molar-refractivity contribution in [2.24, 2.45) is 5.73 Å². The molecule has 6 heteroatoms. The molecular weight excluding hydrogens is 257 g/mol. The monoisotopic (exact) mass is 271 g/mol. The van der Waals surface area contributed by atoms with Crippen molar-refractivity contribution in [1.82, 2.24) is 14.5 Å². The van der Waals surface area contributed by atoms with Crippen LogP contribution in [0, 0.1) is 5.82 Å². The first-order valence-electron chi connectivity index (χ1n) is 6.23. The fourth-order valence-electron chi connectivity index (χ4n) is 2.21. The van der Waals surface area contributed by atoms with Gasteiger partial charge in [-0.3, -0.25) is 4.57 Å². The van der Waals surface area contributed by atoms with Gasteiger partial charge < -0.3 is 11.5 Å². The zero-order valence-corrected chi connectivity index (χ0v) is 10.9. The first kappa shape index (κ1) is 12.6. The lowest BCUT2D eigenvalue weighted by molar-refractivity contribution is 0.633. The average molecular weight is 271 g/mol. The number of nitrogens with zero attached hydrogens (tertiary/aromatic N) is 3. The number of aromatic nitrogens is 3. The predicted octanol–water partition coefficient (Wildman–Crippen LogP) is 2.16. The normalized spacial score (nSPS) is 12.8. The van der Waals surface area contributed by atoms with Crippen LogP contribution >= 0.6 is 0 Å². The van der Waals surface area contributed by atoms with Crippen molar-refractivity contribution in [1.29, 1.82) is 0 Å². The van der Waals surface area contributed by atoms with Crippen molar-refractivity contribution in [3.05, 3.63) is 48.2 Å². The van der Waals surface area contributed by atoms with Gasteiger partial charge in [-0.2, -0.15) is 0 Å². The Morgan fingerprint density at radius 1 is 1.25 bits per heavy atom. The second-order valence-electron chi connectivity index (χ2n) is 4.61. The second kappa shape index (κ2) is 4.57. The molecular formula is C14H14FN5. The van der Waals surface area contributed by atoms with Gasteiger partial charge in [0.1, 0.15) is 23.0 Å². The molecule has 4 N–H and O–H groups in total. The van der Waals surface area contributed by atoms with E-state index in [1.54, 1.807) is 29.0 Å². The van der Waals surface area contributed by atoms with Crippen LogP contribution in [0.2, 0.25) is 0 Å². The Hall–Kier alpha value is -2.47. The van der Waals surface area contributed by atoms with Crippen LogP contribution in [0.5, 0.6) is 0 Å². The van der Waals surface area contributed by atoms with Gasteiger partial charge in [0.05, 0.1) is 17.2 Å². The minimum absolute atomic E-state index is 0.0487. The summed E-state index contributed by atoms with van der Waals surface area (Å²) in [7, 11) is 0. The molecule has 0 saturated carbocycles. The fraction of sp³-hybridized carbons (Fsp3) is 0.143. The number of rotatable bonds is 2. The second-order valence-corrected chi connectivity index (χ2v) is 4.61. The summed E-state index contributed by atoms with van der Waals surface area (Å²) in [6.45, 7) is 1.81. The van der Waals surface area contributed by atoms with Crippen molar-refractivity contribution < 1.29 is 4.39 Å². The largest absolute Gasteiger partial charge is 0.395 e. The van der Waals surface area contributed by atoms with Crippen molar-refractivity contribution in [3.63, 3.8) is 0 Å². The van der Waals surface area contributed by atoms with Crippen LogP contribution in [0.3, 0.4) is 0 Å². The summed E-state index contributed by atoms with van der Waals surface area (Å²) >= 11 is 0. The SMILES string of the molecule is C[C@H](N)c1nc2ccc(F)c(N)c2n1-c1ccccn1. The lowest BCUT2D eigenvalue weighted by atomic mass is 10.2. The summed E-state index contributed by atoms with van der Waals surface area (Å²) in [5.74, 6) is 0.724. The summed E-state index contributed by atoms with van der Waals surface area (Å²) in [5, 5.41) is 0. The van der Waals surface area contributed by atoms with Gasteiger partial charge in [-0.05, 0) is 31.2 Å². The number of nitrogen functional groups attached to an aromatic ring is 1. The number of imidazole rings is 1. The molecule has 0 aliphatic rings. The maximum Gasteiger partial charge on any atom is 0.148 e. The van der Waals surface area contributed by atoms with E-state index < -0.39 is 5.82 Å². The van der Waals surface area contributed by atoms with Crippen LogP contribution in [0.25, 0.3) is 16.9 Å². The molecule has 0 unspecified atom stereocenters. The summed E-state index contributed by atoms with van der Waals surface area (Å²) in [4.78, 5) is 8.72. The fourth-order valence-corrected chi connectivity index (χ4v) is 2.21. The zero-order chi connectivity index (χ0) is 14.3. The topological polar surface area (TPSA) is 82.7 Å². The third-order valence-electron chi connectivity index (χ3n) is 3.12. The van der Waals surface area contributed by atoms with Gasteiger partial charge in [0.25, 0.3) is 0 Å². The predicted molar refractivity (Wildman–Crippen MR) is 75.8 cm³/mol. The highest BCUT2D eigenvalue weighted by Gasteiger charge is 2.19. The number of pyridine rings is 1. The van der Waals surface area contributed by atoms with E-state index in [2.05, 4.69) is 9.97 Å². The number of nitrogens with two attached hydrogens (primary N) is 2. The molecule has 5 nitrogen and oxygen atoms in total. The first-order chi connectivity index (χ1) is 9.59. The van der Waals surface area contributed by atoms with E-state index in [0.29, 0.717) is 22.7 Å². The average Bonchev–Trinajstić information content (AvgIpc) is 2.84. The highest BCUT2D eigenvalue weighted by molar-refractivity contribution is 5.89. The Bertz CT molecular complexity index is 764. The minimum Gasteiger partial charge on any atom is -0.395 e. The van der Waals surface area contributed by atoms with Gasteiger partial charge >= 0.3 is 0 Å². The van der Waals surface area contributed by atoms with Gasteiger partial charge in [-0.1, -0.05) is 6.07 Å². The van der Waals surface area contributed by atoms with Crippen molar-refractivity contribution >= 4 is 16.7 Å². The highest BCUT2D eigenvalue weighted by Crippen LogP contribution is 2.29. The number of anilines is 1. The van der Waals surface area contributed by atoms with E-state index in [-0.39, 0.29) is 11.7 Å². The third kappa shape index (κ3) is 1.81. The molecule has 0 fully saturated rings. The van der Waals surface area contributed by atoms with E-state index >= 15 is 0 Å². The Balaban J connectivity index is 2.43. The van der Waals surface area contributed by atoms with E-state index in [1.165, 1.54) is 6.07 Å². The first-order valence-corrected chi connectivity index (χ1v) is 6.23. The van der Waals surface area contributed by atoms with Crippen LogP contribution in [-0.4, -0.2) is 14.5 Å². The zero-order valence-electron chi connectivity index (χ0n) is 10.9. The number of fused-ring (bicyclic) bond motifs is 1. The molecule has 1 atom stereocenters. The van der Waals surface area contributed by atoms with Crippen molar-refractivity contribution in [3.8, 4) is 5.82 Å². The molecule has 0 amide bonds. The van der Waals surface area contributed by atoms with Crippen molar-refractivity contribution in [2.45, 2.75) is 13.0 Å². The molecule has 0 aliphatic carbocycles. The minimum atomic E-state index is -0.481. The smallest absolute Gasteiger partial charge is 0.148 e. The lowest BCUT2D eigenvalue weighted by Crippen LogP contribution is -2.13. The van der Waals surface area contributed by atoms with Gasteiger partial charge in [-0.15, -0.1) is 0 Å². The summed E-state index contributed by atoms with van der Waals surface area (Å²) in [5.41, 5.74) is 13.0. The maximum atomic E-state index is 13.7. The summed E-state index contributed by atoms with van der Waals surface area (Å²) in [6, 6.07) is 8.02. The van der Waals surface area contributed by atoms with Gasteiger partial charge in [0.15, 0.2) is 0 Å². The van der Waals surface area contributed by atoms with Crippen LogP contribution in [0.15, 0.2) is 36.5 Å². The number of hydrogen-bond donors (Lipinski definition) is 2. The quantitative estimate of drug-likeness (QED) is 0.700. The standard InChI is InChI=1S/C14H14FN5/c1-8(16)14-19-10-6-5-9(15)12(17)13(10)20(14)11-4-2-3-7-18-11/h2-8H,16-17H2,1H3/t8-/m0/s1. The number of halogens is 1. The molecule has 20 heavy (non-hydrogen) atoms. The molecule has 0 aliphatic heterocycles. The van der Waals surface area contributed by atoms with Crippen molar-refractivity contribution in [2.75, 3.05) is 5.73 Å². The van der Waals surface area contributed by atoms with E-state index in [4.69, 9.17) is 11.5 Å². The van der Waals surface area contributed by atoms with E-state index in [9.17, 15) is 4.39 Å². The Kier molecular flexibility index (Phi) is 2.87. The molecule has 2 aromatic heterocycles. The maximum absolute atomic E-state index is 13.7. The molecule has 3 aromatic rings. The van der Waals surface area contributed by atoms with Crippen LogP contribution in [0.4, 0.5) is 10.1 Å². The Labute approximate surface area is 115 Å². The Morgan fingerprint density at radius 3 is 2.70 bits per heavy atom. The highest BCUT2D eigenvalue weighted by atomic mass is 19.1. The third-order valence-corrected chi connectivity index (χ3v) is 3.12. The van der Waals surface area contributed by atoms with Gasteiger partial charge in [0, 0.05) is 6.20 Å². The van der Waals surface area contributed by atoms with E-state index in [1.807, 2.05) is 13.0 Å². The van der Waals surface area contributed by atoms with Crippen LogP contribution in [0.1, 0.15) is 18.8 Å². The molecule has 0 spiro atoms. The number of benzene rings is 1. The Morgan fingerprint density at radius 2 is 2.05 bits per heavy atom.